The molecular formula is C16H16N4O4. The Labute approximate surface area is 136 Å². The quantitative estimate of drug-likeness (QED) is 0.511. The summed E-state index contributed by atoms with van der Waals surface area (Å²) < 4.78 is 8.87. The van der Waals surface area contributed by atoms with Crippen molar-refractivity contribution < 1.29 is 9.53 Å². The first-order chi connectivity index (χ1) is 11.4. The second-order valence-electron chi connectivity index (χ2n) is 5.54. The van der Waals surface area contributed by atoms with E-state index in [-0.39, 0.29) is 17.7 Å². The summed E-state index contributed by atoms with van der Waals surface area (Å²) in [6.07, 6.45) is 1.35. The Morgan fingerprint density at radius 1 is 1.12 bits per heavy atom. The Morgan fingerprint density at radius 2 is 1.79 bits per heavy atom. The van der Waals surface area contributed by atoms with Crippen LogP contribution < -0.4 is 16.0 Å². The van der Waals surface area contributed by atoms with Crippen molar-refractivity contribution in [2.75, 3.05) is 0 Å². The number of nitrogens with zero attached hydrogens (tertiary/aromatic N) is 4. The van der Waals surface area contributed by atoms with Gasteiger partial charge in [0.25, 0.3) is 5.56 Å². The fraction of sp³-hybridized carbons (Fsp3) is 0.250. The van der Waals surface area contributed by atoms with Crippen LogP contribution in [0.3, 0.4) is 0 Å². The highest BCUT2D eigenvalue weighted by molar-refractivity contribution is 5.76. The van der Waals surface area contributed by atoms with Gasteiger partial charge in [-0.3, -0.25) is 13.9 Å². The van der Waals surface area contributed by atoms with Crippen molar-refractivity contribution in [3.05, 3.63) is 57.0 Å². The first-order valence-corrected chi connectivity index (χ1v) is 7.26. The molecule has 0 amide bonds. The standard InChI is InChI=1S/C16H16N4O4/c1-10-4-6-11(7-5-10)24-12(21)8-20-9-17-14-13(20)15(22)19(3)16(23)18(14)2/h4-7,9H,8H2,1-3H3. The third-order valence-electron chi connectivity index (χ3n) is 3.77. The number of aryl methyl sites for hydroxylation is 2. The van der Waals surface area contributed by atoms with E-state index in [2.05, 4.69) is 4.98 Å². The minimum absolute atomic E-state index is 0.181. The Bertz CT molecular complexity index is 1040. The summed E-state index contributed by atoms with van der Waals surface area (Å²) in [7, 11) is 2.90. The maximum absolute atomic E-state index is 12.3. The second-order valence-corrected chi connectivity index (χ2v) is 5.54. The molecule has 8 nitrogen and oxygen atoms in total. The predicted molar refractivity (Wildman–Crippen MR) is 87.0 cm³/mol. The molecule has 0 atom stereocenters. The lowest BCUT2D eigenvalue weighted by Crippen LogP contribution is -2.37. The Morgan fingerprint density at radius 3 is 2.46 bits per heavy atom. The van der Waals surface area contributed by atoms with E-state index in [0.717, 1.165) is 10.1 Å². The SMILES string of the molecule is Cc1ccc(OC(=O)Cn2cnc3c2c(=O)n(C)c(=O)n3C)cc1. The molecule has 0 spiro atoms. The summed E-state index contributed by atoms with van der Waals surface area (Å²) in [5.74, 6) is -0.107. The second kappa shape index (κ2) is 5.80. The van der Waals surface area contributed by atoms with Crippen LogP contribution in [0.5, 0.6) is 5.75 Å². The fourth-order valence-corrected chi connectivity index (χ4v) is 2.43. The van der Waals surface area contributed by atoms with E-state index >= 15 is 0 Å². The molecular weight excluding hydrogens is 312 g/mol. The molecule has 2 aromatic heterocycles. The molecule has 0 aliphatic heterocycles. The lowest BCUT2D eigenvalue weighted by atomic mass is 10.2. The van der Waals surface area contributed by atoms with Gasteiger partial charge in [0, 0.05) is 14.1 Å². The number of esters is 1. The van der Waals surface area contributed by atoms with Gasteiger partial charge in [-0.15, -0.1) is 0 Å². The summed E-state index contributed by atoms with van der Waals surface area (Å²) in [6.45, 7) is 1.75. The average molecular weight is 328 g/mol. The van der Waals surface area contributed by atoms with Crippen LogP contribution >= 0.6 is 0 Å². The highest BCUT2D eigenvalue weighted by Crippen LogP contribution is 2.12. The monoisotopic (exact) mass is 328 g/mol. The zero-order valence-electron chi connectivity index (χ0n) is 13.5. The van der Waals surface area contributed by atoms with Crippen LogP contribution in [0.2, 0.25) is 0 Å². The average Bonchev–Trinajstić information content (AvgIpc) is 2.96. The molecule has 24 heavy (non-hydrogen) atoms. The maximum Gasteiger partial charge on any atom is 0.332 e. The van der Waals surface area contributed by atoms with E-state index in [4.69, 9.17) is 4.74 Å². The van der Waals surface area contributed by atoms with E-state index in [0.29, 0.717) is 5.75 Å². The van der Waals surface area contributed by atoms with Crippen LogP contribution in [0.1, 0.15) is 5.56 Å². The van der Waals surface area contributed by atoms with E-state index < -0.39 is 17.2 Å². The molecule has 8 heteroatoms. The summed E-state index contributed by atoms with van der Waals surface area (Å²) >= 11 is 0. The lowest BCUT2D eigenvalue weighted by molar-refractivity contribution is -0.135. The van der Waals surface area contributed by atoms with E-state index in [1.54, 1.807) is 12.1 Å². The largest absolute Gasteiger partial charge is 0.425 e. The van der Waals surface area contributed by atoms with Crippen LogP contribution in [0, 0.1) is 6.92 Å². The molecule has 0 radical (unpaired) electrons. The lowest BCUT2D eigenvalue weighted by Gasteiger charge is -2.07. The maximum atomic E-state index is 12.3. The number of carbonyl (C=O) groups is 1. The highest BCUT2D eigenvalue weighted by Gasteiger charge is 2.16. The molecule has 0 saturated heterocycles. The molecule has 0 unspecified atom stereocenters. The number of hydrogen-bond acceptors (Lipinski definition) is 5. The zero-order valence-corrected chi connectivity index (χ0v) is 13.5. The summed E-state index contributed by atoms with van der Waals surface area (Å²) in [6, 6.07) is 7.06. The molecule has 3 rings (SSSR count). The van der Waals surface area contributed by atoms with Crippen LogP contribution in [0.4, 0.5) is 0 Å². The van der Waals surface area contributed by atoms with Gasteiger partial charge in [0.05, 0.1) is 6.33 Å². The van der Waals surface area contributed by atoms with Gasteiger partial charge in [-0.1, -0.05) is 17.7 Å². The van der Waals surface area contributed by atoms with Crippen molar-refractivity contribution in [2.45, 2.75) is 13.5 Å². The van der Waals surface area contributed by atoms with Crippen molar-refractivity contribution in [3.8, 4) is 5.75 Å². The molecule has 2 heterocycles. The predicted octanol–water partition coefficient (Wildman–Crippen LogP) is 0.348. The van der Waals surface area contributed by atoms with Crippen LogP contribution in [0.25, 0.3) is 11.2 Å². The number of fused-ring (bicyclic) bond motifs is 1. The number of benzene rings is 1. The number of rotatable bonds is 3. The van der Waals surface area contributed by atoms with Crippen molar-refractivity contribution in [1.82, 2.24) is 18.7 Å². The van der Waals surface area contributed by atoms with Crippen molar-refractivity contribution >= 4 is 17.1 Å². The normalized spacial score (nSPS) is 11.0. The molecule has 3 aromatic rings. The van der Waals surface area contributed by atoms with Gasteiger partial charge in [-0.25, -0.2) is 14.6 Å². The van der Waals surface area contributed by atoms with Gasteiger partial charge in [0.15, 0.2) is 11.2 Å². The first kappa shape index (κ1) is 15.7. The summed E-state index contributed by atoms with van der Waals surface area (Å²) in [5, 5.41) is 0. The zero-order chi connectivity index (χ0) is 17.4. The van der Waals surface area contributed by atoms with Gasteiger partial charge < -0.3 is 9.30 Å². The third kappa shape index (κ3) is 2.62. The topological polar surface area (TPSA) is 88.1 Å². The molecule has 0 aliphatic carbocycles. The Balaban J connectivity index is 1.93. The number of ether oxygens (including phenoxy) is 1. The van der Waals surface area contributed by atoms with E-state index in [1.807, 2.05) is 19.1 Å². The Kier molecular flexibility index (Phi) is 3.80. The van der Waals surface area contributed by atoms with Crippen molar-refractivity contribution in [2.24, 2.45) is 14.1 Å². The van der Waals surface area contributed by atoms with Crippen LogP contribution in [-0.4, -0.2) is 24.7 Å². The van der Waals surface area contributed by atoms with Gasteiger partial charge in [0.1, 0.15) is 12.3 Å². The molecule has 0 saturated carbocycles. The molecule has 0 fully saturated rings. The molecule has 0 aliphatic rings. The minimum atomic E-state index is -0.533. The smallest absolute Gasteiger partial charge is 0.332 e. The minimum Gasteiger partial charge on any atom is -0.425 e. The Hall–Kier alpha value is -3.16. The molecule has 0 N–H and O–H groups in total. The molecule has 1 aromatic carbocycles. The number of carbonyl (C=O) groups excluding carboxylic acids is 1. The number of aromatic nitrogens is 4. The molecule has 124 valence electrons. The van der Waals surface area contributed by atoms with Gasteiger partial charge in [0.2, 0.25) is 0 Å². The number of hydrogen-bond donors (Lipinski definition) is 0. The summed E-state index contributed by atoms with van der Waals surface area (Å²) in [5.41, 5.74) is 0.486. The van der Waals surface area contributed by atoms with Gasteiger partial charge in [-0.05, 0) is 19.1 Å². The molecule has 0 bridgehead atoms. The number of imidazole rings is 1. The van der Waals surface area contributed by atoms with Crippen molar-refractivity contribution in [3.63, 3.8) is 0 Å². The third-order valence-corrected chi connectivity index (χ3v) is 3.77. The van der Waals surface area contributed by atoms with Crippen molar-refractivity contribution in [1.29, 1.82) is 0 Å². The van der Waals surface area contributed by atoms with Crippen LogP contribution in [0.15, 0.2) is 40.2 Å². The van der Waals surface area contributed by atoms with Gasteiger partial charge in [-0.2, -0.15) is 0 Å². The van der Waals surface area contributed by atoms with Crippen LogP contribution in [-0.2, 0) is 25.4 Å². The fourth-order valence-electron chi connectivity index (χ4n) is 2.43. The van der Waals surface area contributed by atoms with Gasteiger partial charge >= 0.3 is 11.7 Å². The van der Waals surface area contributed by atoms with E-state index in [9.17, 15) is 14.4 Å². The highest BCUT2D eigenvalue weighted by atomic mass is 16.5. The summed E-state index contributed by atoms with van der Waals surface area (Å²) in [4.78, 5) is 40.4. The van der Waals surface area contributed by atoms with E-state index in [1.165, 1.54) is 29.6 Å². The first-order valence-electron chi connectivity index (χ1n) is 7.26.